The molecule has 2 fully saturated rings. The van der Waals surface area contributed by atoms with Gasteiger partial charge in [0.1, 0.15) is 11.0 Å². The minimum Gasteiger partial charge on any atom is -0.378 e. The second-order valence-corrected chi connectivity index (χ2v) is 6.66. The summed E-state index contributed by atoms with van der Waals surface area (Å²) in [5, 5.41) is 0.642. The smallest absolute Gasteiger partial charge is 0.227 e. The molecule has 3 heterocycles. The van der Waals surface area contributed by atoms with Crippen LogP contribution in [-0.4, -0.2) is 64.7 Å². The van der Waals surface area contributed by atoms with Crippen LogP contribution in [0.15, 0.2) is 6.20 Å². The Labute approximate surface area is 136 Å². The average molecular weight is 327 g/mol. The summed E-state index contributed by atoms with van der Waals surface area (Å²) in [6.45, 7) is 7.36. The third-order valence-electron chi connectivity index (χ3n) is 4.72. The van der Waals surface area contributed by atoms with Crippen molar-refractivity contribution >= 4 is 17.5 Å². The van der Waals surface area contributed by atoms with Crippen LogP contribution in [0.5, 0.6) is 0 Å². The predicted molar refractivity (Wildman–Crippen MR) is 83.5 cm³/mol. The van der Waals surface area contributed by atoms with E-state index in [1.165, 1.54) is 0 Å². The number of aromatic nitrogens is 2. The van der Waals surface area contributed by atoms with Crippen LogP contribution in [0, 0.1) is 11.8 Å². The number of likely N-dealkylation sites (tertiary alicyclic amines) is 1. The van der Waals surface area contributed by atoms with Gasteiger partial charge in [-0.05, 0) is 5.92 Å². The highest BCUT2D eigenvalue weighted by Gasteiger charge is 2.37. The fourth-order valence-electron chi connectivity index (χ4n) is 3.31. The number of hydrogen-bond acceptors (Lipinski definition) is 4. The van der Waals surface area contributed by atoms with Gasteiger partial charge in [-0.25, -0.2) is 4.98 Å². The number of imidazole rings is 1. The van der Waals surface area contributed by atoms with E-state index in [-0.39, 0.29) is 11.8 Å². The lowest BCUT2D eigenvalue weighted by molar-refractivity contribution is -0.140. The molecule has 3 rings (SSSR count). The van der Waals surface area contributed by atoms with E-state index in [9.17, 15) is 4.79 Å². The van der Waals surface area contributed by atoms with E-state index in [2.05, 4.69) is 16.8 Å². The molecule has 7 heteroatoms. The summed E-state index contributed by atoms with van der Waals surface area (Å²) < 4.78 is 7.22. The van der Waals surface area contributed by atoms with Crippen LogP contribution >= 0.6 is 11.6 Å². The Balaban J connectivity index is 1.61. The summed E-state index contributed by atoms with van der Waals surface area (Å²) in [4.78, 5) is 21.3. The Morgan fingerprint density at radius 1 is 1.41 bits per heavy atom. The van der Waals surface area contributed by atoms with E-state index >= 15 is 0 Å². The van der Waals surface area contributed by atoms with Crippen molar-refractivity contribution in [1.82, 2.24) is 19.4 Å². The number of hydrogen-bond donors (Lipinski definition) is 0. The minimum atomic E-state index is 0.0776. The molecule has 0 unspecified atom stereocenters. The topological polar surface area (TPSA) is 50.6 Å². The highest BCUT2D eigenvalue weighted by atomic mass is 35.5. The number of rotatable bonds is 3. The van der Waals surface area contributed by atoms with Gasteiger partial charge < -0.3 is 14.2 Å². The second-order valence-electron chi connectivity index (χ2n) is 6.27. The number of morpholine rings is 1. The van der Waals surface area contributed by atoms with Crippen molar-refractivity contribution in [1.29, 1.82) is 0 Å². The molecule has 2 aliphatic heterocycles. The molecule has 1 amide bonds. The maximum atomic E-state index is 12.7. The Morgan fingerprint density at radius 2 is 2.14 bits per heavy atom. The third-order valence-corrected chi connectivity index (χ3v) is 5.07. The van der Waals surface area contributed by atoms with Crippen LogP contribution < -0.4 is 0 Å². The normalized spacial score (nSPS) is 26.6. The summed E-state index contributed by atoms with van der Waals surface area (Å²) in [6, 6.07) is 0. The van der Waals surface area contributed by atoms with Crippen LogP contribution in [0.2, 0.25) is 5.15 Å². The Morgan fingerprint density at radius 3 is 2.77 bits per heavy atom. The Kier molecular flexibility index (Phi) is 4.70. The van der Waals surface area contributed by atoms with E-state index < -0.39 is 0 Å². The van der Waals surface area contributed by atoms with Gasteiger partial charge >= 0.3 is 0 Å². The highest BCUT2D eigenvalue weighted by Crippen LogP contribution is 2.26. The van der Waals surface area contributed by atoms with Crippen LogP contribution in [-0.2, 0) is 23.1 Å². The molecule has 0 aliphatic carbocycles. The number of carbonyl (C=O) groups excluding carboxylic acids is 1. The zero-order chi connectivity index (χ0) is 15.7. The van der Waals surface area contributed by atoms with Crippen LogP contribution in [0.25, 0.3) is 0 Å². The molecular weight excluding hydrogens is 304 g/mol. The molecule has 1 aromatic rings. The molecule has 2 atom stereocenters. The first-order valence-corrected chi connectivity index (χ1v) is 8.19. The summed E-state index contributed by atoms with van der Waals surface area (Å²) in [5.74, 6) is 1.66. The monoisotopic (exact) mass is 326 g/mol. The molecule has 0 saturated carbocycles. The lowest BCUT2D eigenvalue weighted by atomic mass is 9.96. The van der Waals surface area contributed by atoms with Gasteiger partial charge in [-0.3, -0.25) is 9.69 Å². The van der Waals surface area contributed by atoms with Crippen molar-refractivity contribution in [3.63, 3.8) is 0 Å². The molecule has 122 valence electrons. The van der Waals surface area contributed by atoms with Gasteiger partial charge in [0.25, 0.3) is 0 Å². The fraction of sp³-hybridized carbons (Fsp3) is 0.733. The predicted octanol–water partition coefficient (Wildman–Crippen LogP) is 1.00. The van der Waals surface area contributed by atoms with Crippen LogP contribution in [0.1, 0.15) is 12.7 Å². The van der Waals surface area contributed by atoms with Crippen molar-refractivity contribution < 1.29 is 9.53 Å². The maximum Gasteiger partial charge on any atom is 0.227 e. The highest BCUT2D eigenvalue weighted by molar-refractivity contribution is 6.29. The van der Waals surface area contributed by atoms with Crippen molar-refractivity contribution in [2.45, 2.75) is 13.5 Å². The van der Waals surface area contributed by atoms with Gasteiger partial charge in [0.2, 0.25) is 5.91 Å². The molecule has 0 N–H and O–H groups in total. The molecule has 2 aliphatic rings. The Hall–Kier alpha value is -1.11. The van der Waals surface area contributed by atoms with Gasteiger partial charge in [-0.1, -0.05) is 18.5 Å². The van der Waals surface area contributed by atoms with E-state index in [0.29, 0.717) is 24.3 Å². The quantitative estimate of drug-likeness (QED) is 0.831. The van der Waals surface area contributed by atoms with Gasteiger partial charge in [0, 0.05) is 33.2 Å². The first-order chi connectivity index (χ1) is 10.6. The summed E-state index contributed by atoms with van der Waals surface area (Å²) in [7, 11) is 1.92. The van der Waals surface area contributed by atoms with E-state index in [1.807, 2.05) is 16.5 Å². The van der Waals surface area contributed by atoms with Gasteiger partial charge in [0.15, 0.2) is 0 Å². The van der Waals surface area contributed by atoms with Crippen LogP contribution in [0.3, 0.4) is 0 Å². The summed E-state index contributed by atoms with van der Waals surface area (Å²) >= 11 is 6.03. The van der Waals surface area contributed by atoms with Gasteiger partial charge in [-0.15, -0.1) is 0 Å². The molecule has 0 bridgehead atoms. The van der Waals surface area contributed by atoms with E-state index in [1.54, 1.807) is 6.20 Å². The fourth-order valence-corrected chi connectivity index (χ4v) is 3.45. The molecule has 0 spiro atoms. The van der Waals surface area contributed by atoms with Gasteiger partial charge in [0.05, 0.1) is 31.9 Å². The van der Waals surface area contributed by atoms with E-state index in [0.717, 1.165) is 38.5 Å². The molecule has 6 nitrogen and oxygen atoms in total. The molecule has 1 aromatic heterocycles. The standard InChI is InChI=1S/C15H23ClN4O2/c1-11-8-19(10-14-17-7-13(16)18(14)2)9-12(11)15(21)20-3-5-22-6-4-20/h7,11-12H,3-6,8-10H2,1-2H3/t11-,12-/m1/s1. The number of amides is 1. The number of halogens is 1. The van der Waals surface area contributed by atoms with Crippen molar-refractivity contribution in [2.75, 3.05) is 39.4 Å². The third kappa shape index (κ3) is 3.14. The number of nitrogens with zero attached hydrogens (tertiary/aromatic N) is 4. The van der Waals surface area contributed by atoms with Crippen molar-refractivity contribution in [3.8, 4) is 0 Å². The largest absolute Gasteiger partial charge is 0.378 e. The average Bonchev–Trinajstić information content (AvgIpc) is 3.05. The van der Waals surface area contributed by atoms with Gasteiger partial charge in [-0.2, -0.15) is 0 Å². The molecule has 22 heavy (non-hydrogen) atoms. The summed E-state index contributed by atoms with van der Waals surface area (Å²) in [5.41, 5.74) is 0. The number of ether oxygens (including phenoxy) is 1. The zero-order valence-electron chi connectivity index (χ0n) is 13.2. The molecule has 0 radical (unpaired) electrons. The van der Waals surface area contributed by atoms with Crippen molar-refractivity contribution in [2.24, 2.45) is 18.9 Å². The lowest BCUT2D eigenvalue weighted by Crippen LogP contribution is -2.45. The number of carbonyl (C=O) groups is 1. The summed E-state index contributed by atoms with van der Waals surface area (Å²) in [6.07, 6.45) is 1.67. The molecule has 2 saturated heterocycles. The van der Waals surface area contributed by atoms with Crippen LogP contribution in [0.4, 0.5) is 0 Å². The van der Waals surface area contributed by atoms with E-state index in [4.69, 9.17) is 16.3 Å². The Bertz CT molecular complexity index is 542. The maximum absolute atomic E-state index is 12.7. The lowest BCUT2D eigenvalue weighted by Gasteiger charge is -2.30. The second kappa shape index (κ2) is 6.56. The van der Waals surface area contributed by atoms with Crippen molar-refractivity contribution in [3.05, 3.63) is 17.2 Å². The zero-order valence-corrected chi connectivity index (χ0v) is 13.9. The SMILES string of the molecule is C[C@@H]1CN(Cc2ncc(Cl)n2C)C[C@H]1C(=O)N1CCOCC1. The molecule has 0 aromatic carbocycles. The minimum absolute atomic E-state index is 0.0776. The first kappa shape index (κ1) is 15.8. The first-order valence-electron chi connectivity index (χ1n) is 7.81. The molecular formula is C15H23ClN4O2.